The molecule has 0 bridgehead atoms. The number of carbonyl (C=O) groups excluding carboxylic acids is 2. The number of anilines is 1. The van der Waals surface area contributed by atoms with Crippen molar-refractivity contribution >= 4 is 17.6 Å². The molecule has 0 saturated carbocycles. The molecule has 1 heterocycles. The first-order chi connectivity index (χ1) is 14.2. The zero-order valence-electron chi connectivity index (χ0n) is 16.7. The van der Waals surface area contributed by atoms with E-state index < -0.39 is 53.4 Å². The van der Waals surface area contributed by atoms with Crippen LogP contribution in [0.3, 0.4) is 0 Å². The lowest BCUT2D eigenvalue weighted by Gasteiger charge is -2.28. The summed E-state index contributed by atoms with van der Waals surface area (Å²) in [5.74, 6) is -1.44. The summed E-state index contributed by atoms with van der Waals surface area (Å²) >= 11 is 0. The zero-order chi connectivity index (χ0) is 23.6. The van der Waals surface area contributed by atoms with Gasteiger partial charge < -0.3 is 14.7 Å². The summed E-state index contributed by atoms with van der Waals surface area (Å²) in [5, 5.41) is 5.90. The highest BCUT2D eigenvalue weighted by molar-refractivity contribution is 5.99. The minimum Gasteiger partial charge on any atom is -0.360 e. The van der Waals surface area contributed by atoms with Gasteiger partial charge in [0.05, 0.1) is 11.1 Å². The zero-order valence-corrected chi connectivity index (χ0v) is 16.7. The highest BCUT2D eigenvalue weighted by Crippen LogP contribution is 2.36. The number of rotatable bonds is 6. The largest absolute Gasteiger partial charge is 0.416 e. The number of halogens is 6. The maximum absolute atomic E-state index is 13.1. The molecule has 0 spiro atoms. The molecule has 1 aromatic carbocycles. The monoisotopic (exact) mass is 451 g/mol. The Bertz CT molecular complexity index is 920. The molecule has 0 saturated heterocycles. The first-order valence-electron chi connectivity index (χ1n) is 9.06. The Balaban J connectivity index is 2.39. The van der Waals surface area contributed by atoms with Crippen LogP contribution in [0.2, 0.25) is 0 Å². The number of hydrogen-bond acceptors (Lipinski definition) is 4. The number of benzene rings is 1. The Kier molecular flexibility index (Phi) is 7.02. The molecule has 1 unspecified atom stereocenters. The van der Waals surface area contributed by atoms with E-state index in [1.165, 1.54) is 13.0 Å². The number of amides is 2. The van der Waals surface area contributed by atoms with Crippen LogP contribution in [0.25, 0.3) is 0 Å². The third kappa shape index (κ3) is 6.22. The van der Waals surface area contributed by atoms with E-state index in [9.17, 15) is 35.9 Å². The summed E-state index contributed by atoms with van der Waals surface area (Å²) in [4.78, 5) is 26.1. The Morgan fingerprint density at radius 2 is 1.61 bits per heavy atom. The van der Waals surface area contributed by atoms with Gasteiger partial charge in [-0.05, 0) is 38.5 Å². The maximum atomic E-state index is 13.1. The number of alkyl halides is 6. The Morgan fingerprint density at radius 1 is 1.06 bits per heavy atom. The molecule has 1 atom stereocenters. The third-order valence-electron chi connectivity index (χ3n) is 4.43. The Morgan fingerprint density at radius 3 is 2.03 bits per heavy atom. The van der Waals surface area contributed by atoms with Gasteiger partial charge in [0.25, 0.3) is 5.91 Å². The molecule has 0 aliphatic carbocycles. The Hall–Kier alpha value is -3.05. The summed E-state index contributed by atoms with van der Waals surface area (Å²) < 4.78 is 83.4. The van der Waals surface area contributed by atoms with Crippen LogP contribution in [-0.2, 0) is 17.1 Å². The summed E-state index contributed by atoms with van der Waals surface area (Å²) in [5.41, 5.74) is -4.05. The average Bonchev–Trinajstić information content (AvgIpc) is 3.07. The molecule has 2 amide bonds. The highest BCUT2D eigenvalue weighted by atomic mass is 19.4. The summed E-state index contributed by atoms with van der Waals surface area (Å²) in [6.07, 6.45) is -9.90. The van der Waals surface area contributed by atoms with E-state index in [4.69, 9.17) is 4.52 Å². The SMILES string of the molecule is CCC(C)N(CC(=O)Nc1cc(C)on1)C(=O)c1cc(C(F)(F)F)cc(C(F)(F)F)c1. The number of nitrogens with one attached hydrogen (secondary N) is 1. The maximum Gasteiger partial charge on any atom is 0.416 e. The van der Waals surface area contributed by atoms with E-state index in [2.05, 4.69) is 10.5 Å². The molecule has 0 aliphatic heterocycles. The van der Waals surface area contributed by atoms with Crippen molar-refractivity contribution in [2.45, 2.75) is 45.6 Å². The Labute approximate surface area is 173 Å². The van der Waals surface area contributed by atoms with Crippen LogP contribution in [0.15, 0.2) is 28.8 Å². The van der Waals surface area contributed by atoms with Gasteiger partial charge in [-0.2, -0.15) is 26.3 Å². The molecule has 12 heteroatoms. The fourth-order valence-electron chi connectivity index (χ4n) is 2.65. The second-order valence-electron chi connectivity index (χ2n) is 6.86. The molecule has 2 aromatic rings. The van der Waals surface area contributed by atoms with Crippen molar-refractivity contribution < 1.29 is 40.5 Å². The normalized spacial score (nSPS) is 13.1. The van der Waals surface area contributed by atoms with E-state index in [-0.39, 0.29) is 11.9 Å². The lowest BCUT2D eigenvalue weighted by atomic mass is 10.0. The van der Waals surface area contributed by atoms with Crippen molar-refractivity contribution in [3.8, 4) is 0 Å². The van der Waals surface area contributed by atoms with Crippen molar-refractivity contribution in [2.75, 3.05) is 11.9 Å². The average molecular weight is 451 g/mol. The van der Waals surface area contributed by atoms with Crippen molar-refractivity contribution in [3.05, 3.63) is 46.7 Å². The van der Waals surface area contributed by atoms with Crippen molar-refractivity contribution in [1.29, 1.82) is 0 Å². The molecule has 170 valence electrons. The second kappa shape index (κ2) is 8.98. The van der Waals surface area contributed by atoms with Gasteiger partial charge in [0.2, 0.25) is 5.91 Å². The quantitative estimate of drug-likeness (QED) is 0.634. The van der Waals surface area contributed by atoms with Crippen LogP contribution in [0.1, 0.15) is 47.5 Å². The topological polar surface area (TPSA) is 75.4 Å². The number of hydrogen-bond donors (Lipinski definition) is 1. The molecule has 0 aliphatic rings. The fourth-order valence-corrected chi connectivity index (χ4v) is 2.65. The van der Waals surface area contributed by atoms with E-state index in [0.29, 0.717) is 24.3 Å². The standard InChI is InChI=1S/C19H19F6N3O3/c1-4-10(2)28(9-16(29)26-15-5-11(3)31-27-15)17(30)12-6-13(18(20,21)22)8-14(7-12)19(23,24)25/h5-8,10H,4,9H2,1-3H3,(H,26,27,29). The first-order valence-corrected chi connectivity index (χ1v) is 9.06. The van der Waals surface area contributed by atoms with Gasteiger partial charge in [-0.3, -0.25) is 9.59 Å². The van der Waals surface area contributed by atoms with Gasteiger partial charge in [0.15, 0.2) is 5.82 Å². The van der Waals surface area contributed by atoms with Crippen molar-refractivity contribution in [1.82, 2.24) is 10.1 Å². The van der Waals surface area contributed by atoms with E-state index in [1.807, 2.05) is 0 Å². The van der Waals surface area contributed by atoms with Crippen LogP contribution >= 0.6 is 0 Å². The molecule has 0 fully saturated rings. The molecular weight excluding hydrogens is 432 g/mol. The molecule has 1 N–H and O–H groups in total. The number of aryl methyl sites for hydroxylation is 1. The minimum absolute atomic E-state index is 0.0532. The number of nitrogens with zero attached hydrogens (tertiary/aromatic N) is 2. The predicted molar refractivity (Wildman–Crippen MR) is 97.1 cm³/mol. The van der Waals surface area contributed by atoms with E-state index in [1.54, 1.807) is 13.8 Å². The second-order valence-corrected chi connectivity index (χ2v) is 6.86. The first kappa shape index (κ1) is 24.2. The van der Waals surface area contributed by atoms with Gasteiger partial charge in [-0.15, -0.1) is 0 Å². The molecule has 2 rings (SSSR count). The predicted octanol–water partition coefficient (Wildman–Crippen LogP) is 4.90. The molecule has 0 radical (unpaired) electrons. The van der Waals surface area contributed by atoms with Gasteiger partial charge in [-0.1, -0.05) is 12.1 Å². The molecular formula is C19H19F6N3O3. The lowest BCUT2D eigenvalue weighted by Crippen LogP contribution is -2.43. The molecule has 6 nitrogen and oxygen atoms in total. The summed E-state index contributed by atoms with van der Waals surface area (Å²) in [6.45, 7) is 4.13. The van der Waals surface area contributed by atoms with Crippen LogP contribution in [-0.4, -0.2) is 34.5 Å². The van der Waals surface area contributed by atoms with Crippen molar-refractivity contribution in [3.63, 3.8) is 0 Å². The van der Waals surface area contributed by atoms with Crippen LogP contribution in [0, 0.1) is 6.92 Å². The van der Waals surface area contributed by atoms with Gasteiger partial charge in [-0.25, -0.2) is 0 Å². The fraction of sp³-hybridized carbons (Fsp3) is 0.421. The highest BCUT2D eigenvalue weighted by Gasteiger charge is 2.38. The van der Waals surface area contributed by atoms with Crippen LogP contribution in [0.4, 0.5) is 32.2 Å². The number of aromatic nitrogens is 1. The smallest absolute Gasteiger partial charge is 0.360 e. The van der Waals surface area contributed by atoms with Crippen LogP contribution in [0.5, 0.6) is 0 Å². The van der Waals surface area contributed by atoms with Gasteiger partial charge >= 0.3 is 12.4 Å². The molecule has 1 aromatic heterocycles. The van der Waals surface area contributed by atoms with E-state index in [0.717, 1.165) is 4.90 Å². The van der Waals surface area contributed by atoms with Crippen molar-refractivity contribution in [2.24, 2.45) is 0 Å². The molecule has 31 heavy (non-hydrogen) atoms. The third-order valence-corrected chi connectivity index (χ3v) is 4.43. The number of carbonyl (C=O) groups is 2. The lowest BCUT2D eigenvalue weighted by molar-refractivity contribution is -0.143. The van der Waals surface area contributed by atoms with Gasteiger partial charge in [0, 0.05) is 17.7 Å². The minimum atomic E-state index is -5.10. The summed E-state index contributed by atoms with van der Waals surface area (Å²) in [6, 6.07) is 1.36. The van der Waals surface area contributed by atoms with E-state index >= 15 is 0 Å². The van der Waals surface area contributed by atoms with Gasteiger partial charge in [0.1, 0.15) is 12.3 Å². The summed E-state index contributed by atoms with van der Waals surface area (Å²) in [7, 11) is 0. The van der Waals surface area contributed by atoms with Crippen LogP contribution < -0.4 is 5.32 Å².